The first kappa shape index (κ1) is 32.8. The third-order valence-electron chi connectivity index (χ3n) is 8.33. The predicted molar refractivity (Wildman–Crippen MR) is 177 cm³/mol. The number of carbonyl (C=O) groups is 1. The average Bonchev–Trinajstić information content (AvgIpc) is 3.42. The van der Waals surface area contributed by atoms with Gasteiger partial charge in [0.25, 0.3) is 0 Å². The Bertz CT molecular complexity index is 1610. The monoisotopic (exact) mass is 632 g/mol. The SMILES string of the molecule is CCCn1cc(COC(c2ccc(C)c(CN3CC(C)Cc4ccccc4S3(O)O)c2)C(C)(C)C(=O)Nc2cccnc2)nn1. The fraction of sp³-hybridized carbons (Fsp3) is 0.412. The summed E-state index contributed by atoms with van der Waals surface area (Å²) in [5, 5.41) is 11.5. The highest BCUT2D eigenvalue weighted by Crippen LogP contribution is 2.56. The van der Waals surface area contributed by atoms with Gasteiger partial charge in [-0.25, -0.2) is 0 Å². The summed E-state index contributed by atoms with van der Waals surface area (Å²) in [6, 6.07) is 17.2. The third kappa shape index (κ3) is 7.45. The van der Waals surface area contributed by atoms with E-state index in [9.17, 15) is 13.9 Å². The molecule has 2 unspecified atom stereocenters. The molecule has 0 saturated carbocycles. The van der Waals surface area contributed by atoms with Gasteiger partial charge < -0.3 is 10.1 Å². The molecule has 0 aliphatic carbocycles. The highest BCUT2D eigenvalue weighted by atomic mass is 32.3. The lowest BCUT2D eigenvalue weighted by molar-refractivity contribution is -0.134. The van der Waals surface area contributed by atoms with Crippen LogP contribution in [0.4, 0.5) is 5.69 Å². The second kappa shape index (κ2) is 13.8. The van der Waals surface area contributed by atoms with E-state index in [0.29, 0.717) is 29.4 Å². The molecule has 2 aromatic carbocycles. The van der Waals surface area contributed by atoms with Gasteiger partial charge >= 0.3 is 0 Å². The molecule has 10 nitrogen and oxygen atoms in total. The summed E-state index contributed by atoms with van der Waals surface area (Å²) < 4.78 is 33.3. The number of ether oxygens (including phenoxy) is 1. The van der Waals surface area contributed by atoms with Crippen LogP contribution in [0.1, 0.15) is 68.2 Å². The van der Waals surface area contributed by atoms with Gasteiger partial charge in [-0.1, -0.05) is 55.5 Å². The molecule has 240 valence electrons. The van der Waals surface area contributed by atoms with Crippen LogP contribution in [0.25, 0.3) is 0 Å². The van der Waals surface area contributed by atoms with Crippen molar-refractivity contribution in [3.63, 3.8) is 0 Å². The van der Waals surface area contributed by atoms with Crippen molar-refractivity contribution in [1.82, 2.24) is 24.3 Å². The number of nitrogens with zero attached hydrogens (tertiary/aromatic N) is 5. The number of benzene rings is 2. The molecular weight excluding hydrogens is 588 g/mol. The number of anilines is 1. The van der Waals surface area contributed by atoms with Crippen LogP contribution in [0.3, 0.4) is 0 Å². The third-order valence-corrected chi connectivity index (χ3v) is 10.3. The highest BCUT2D eigenvalue weighted by Gasteiger charge is 2.40. The first-order chi connectivity index (χ1) is 21.5. The van der Waals surface area contributed by atoms with E-state index in [4.69, 9.17) is 4.74 Å². The molecule has 2 atom stereocenters. The molecule has 3 heterocycles. The molecule has 1 amide bonds. The fourth-order valence-corrected chi connectivity index (χ4v) is 7.64. The molecule has 0 spiro atoms. The van der Waals surface area contributed by atoms with E-state index < -0.39 is 22.3 Å². The number of amides is 1. The Balaban J connectivity index is 1.47. The Morgan fingerprint density at radius 1 is 1.18 bits per heavy atom. The first-order valence-corrected chi connectivity index (χ1v) is 16.9. The Hall–Kier alpha value is -3.61. The molecule has 45 heavy (non-hydrogen) atoms. The largest absolute Gasteiger partial charge is 0.366 e. The second-order valence-corrected chi connectivity index (χ2v) is 14.5. The number of fused-ring (bicyclic) bond motifs is 1. The Morgan fingerprint density at radius 3 is 2.73 bits per heavy atom. The average molecular weight is 633 g/mol. The van der Waals surface area contributed by atoms with Crippen molar-refractivity contribution < 1.29 is 18.6 Å². The van der Waals surface area contributed by atoms with Crippen molar-refractivity contribution in [2.45, 2.75) is 78.2 Å². The first-order valence-electron chi connectivity index (χ1n) is 15.4. The molecule has 0 bridgehead atoms. The summed E-state index contributed by atoms with van der Waals surface area (Å²) >= 11 is 0. The lowest BCUT2D eigenvalue weighted by atomic mass is 9.80. The summed E-state index contributed by atoms with van der Waals surface area (Å²) in [5.41, 5.74) is 3.99. The zero-order valence-corrected chi connectivity index (χ0v) is 27.5. The number of nitrogens with one attached hydrogen (secondary N) is 1. The molecule has 0 radical (unpaired) electrons. The smallest absolute Gasteiger partial charge is 0.233 e. The van der Waals surface area contributed by atoms with E-state index in [1.165, 1.54) is 0 Å². The van der Waals surface area contributed by atoms with Crippen molar-refractivity contribution in [3.05, 3.63) is 101 Å². The van der Waals surface area contributed by atoms with Gasteiger partial charge in [-0.2, -0.15) is 4.31 Å². The van der Waals surface area contributed by atoms with Crippen LogP contribution in [0.2, 0.25) is 0 Å². The zero-order chi connectivity index (χ0) is 32.2. The minimum absolute atomic E-state index is 0.169. The number of carbonyl (C=O) groups excluding carboxylic acids is 1. The molecule has 4 aromatic rings. The Kier molecular flexibility index (Phi) is 10.0. The summed E-state index contributed by atoms with van der Waals surface area (Å²) in [6.45, 7) is 11.8. The molecule has 1 aliphatic heterocycles. The van der Waals surface area contributed by atoms with Crippen LogP contribution in [0.15, 0.2) is 78.1 Å². The number of pyridine rings is 1. The standard InChI is InChI=1S/C34H44N6O4S/c1-6-16-39-22-30(37-38-39)23-44-32(34(4,5)33(41)36-29-11-9-15-35-19-29)27-14-13-25(3)28(18-27)21-40-20-24(2)17-26-10-7-8-12-31(26)45(40,42)43/h7-15,18-19,22,24,32,42-43H,6,16-17,20-21,23H2,1-5H3,(H,36,41). The molecule has 3 N–H and O–H groups in total. The summed E-state index contributed by atoms with van der Waals surface area (Å²) in [6.07, 6.45) is 6.19. The van der Waals surface area contributed by atoms with Crippen molar-refractivity contribution in [2.24, 2.45) is 11.3 Å². The van der Waals surface area contributed by atoms with Crippen molar-refractivity contribution in [3.8, 4) is 0 Å². The molecule has 11 heteroatoms. The van der Waals surface area contributed by atoms with E-state index in [-0.39, 0.29) is 18.4 Å². The number of rotatable bonds is 11. The summed E-state index contributed by atoms with van der Waals surface area (Å²) in [5.74, 6) is 0.0139. The Morgan fingerprint density at radius 2 is 1.98 bits per heavy atom. The predicted octanol–water partition coefficient (Wildman–Crippen LogP) is 7.03. The fourth-order valence-electron chi connectivity index (χ4n) is 5.82. The molecule has 0 saturated heterocycles. The van der Waals surface area contributed by atoms with Crippen LogP contribution >= 0.6 is 10.8 Å². The van der Waals surface area contributed by atoms with E-state index in [2.05, 4.69) is 34.5 Å². The highest BCUT2D eigenvalue weighted by molar-refractivity contribution is 8.22. The van der Waals surface area contributed by atoms with Gasteiger partial charge in [0, 0.05) is 25.8 Å². The zero-order valence-electron chi connectivity index (χ0n) is 26.7. The maximum absolute atomic E-state index is 13.8. The topological polar surface area (TPSA) is 126 Å². The van der Waals surface area contributed by atoms with Crippen LogP contribution in [0.5, 0.6) is 0 Å². The van der Waals surface area contributed by atoms with Crippen molar-refractivity contribution in [2.75, 3.05) is 11.9 Å². The van der Waals surface area contributed by atoms with Crippen molar-refractivity contribution in [1.29, 1.82) is 0 Å². The molecule has 1 aliphatic rings. The molecule has 5 rings (SSSR count). The van der Waals surface area contributed by atoms with Crippen LogP contribution in [-0.4, -0.2) is 45.8 Å². The van der Waals surface area contributed by atoms with Crippen molar-refractivity contribution >= 4 is 22.4 Å². The minimum Gasteiger partial charge on any atom is -0.366 e. The van der Waals surface area contributed by atoms with Crippen LogP contribution < -0.4 is 5.32 Å². The van der Waals surface area contributed by atoms with Crippen LogP contribution in [0, 0.1) is 18.3 Å². The molecule has 0 fully saturated rings. The van der Waals surface area contributed by atoms with Gasteiger partial charge in [0.15, 0.2) is 0 Å². The van der Waals surface area contributed by atoms with Gasteiger partial charge in [-0.15, -0.1) is 15.9 Å². The number of aryl methyl sites for hydroxylation is 2. The molecule has 2 aromatic heterocycles. The van der Waals surface area contributed by atoms with Gasteiger partial charge in [0.1, 0.15) is 5.69 Å². The van der Waals surface area contributed by atoms with Crippen LogP contribution in [-0.2, 0) is 35.6 Å². The molecular formula is C34H44N6O4S. The Labute approximate surface area is 267 Å². The number of hydrogen-bond donors (Lipinski definition) is 3. The van der Waals surface area contributed by atoms with Gasteiger partial charge in [0.05, 0.1) is 41.1 Å². The minimum atomic E-state index is -3.21. The summed E-state index contributed by atoms with van der Waals surface area (Å²) in [4.78, 5) is 18.5. The maximum atomic E-state index is 13.8. The van der Waals surface area contributed by atoms with Gasteiger partial charge in [0.2, 0.25) is 5.91 Å². The van der Waals surface area contributed by atoms with E-state index in [0.717, 1.165) is 41.6 Å². The van der Waals surface area contributed by atoms with E-state index in [1.54, 1.807) is 33.5 Å². The van der Waals surface area contributed by atoms with Gasteiger partial charge in [-0.05, 0) is 80.0 Å². The lowest BCUT2D eigenvalue weighted by Gasteiger charge is -2.43. The second-order valence-electron chi connectivity index (χ2n) is 12.5. The quantitative estimate of drug-likeness (QED) is 0.161. The number of aromatic nitrogens is 4. The maximum Gasteiger partial charge on any atom is 0.233 e. The van der Waals surface area contributed by atoms with E-state index in [1.807, 2.05) is 69.4 Å². The summed E-state index contributed by atoms with van der Waals surface area (Å²) in [7, 11) is -3.21. The number of hydrogen-bond acceptors (Lipinski definition) is 8. The normalized spacial score (nSPS) is 18.1. The van der Waals surface area contributed by atoms with Gasteiger partial charge in [-0.3, -0.25) is 23.6 Å². The lowest BCUT2D eigenvalue weighted by Crippen LogP contribution is -2.38. The van der Waals surface area contributed by atoms with E-state index >= 15 is 0 Å².